The number of aliphatic hydroxyl groups is 1. The molecular weight excluding hydrogens is 388 g/mol. The number of imidazole rings is 1. The van der Waals surface area contributed by atoms with Crippen LogP contribution in [-0.2, 0) is 23.7 Å². The van der Waals surface area contributed by atoms with Gasteiger partial charge in [0.2, 0.25) is 0 Å². The number of hydrogen-bond donors (Lipinski definition) is 1. The van der Waals surface area contributed by atoms with Gasteiger partial charge in [0.1, 0.15) is 5.82 Å². The fraction of sp³-hybridized carbons (Fsp3) is 0.360. The molecule has 3 aromatic rings. The fourth-order valence-electron chi connectivity index (χ4n) is 5.77. The number of fused-ring (bicyclic) bond motifs is 3. The summed E-state index contributed by atoms with van der Waals surface area (Å²) in [6.45, 7) is 3.91. The Morgan fingerprint density at radius 3 is 2.68 bits per heavy atom. The zero-order valence-electron chi connectivity index (χ0n) is 18.0. The lowest BCUT2D eigenvalue weighted by Crippen LogP contribution is -2.51. The van der Waals surface area contributed by atoms with Gasteiger partial charge in [0.25, 0.3) is 0 Å². The highest BCUT2D eigenvalue weighted by atomic mass is 16.2. The molecule has 0 unspecified atom stereocenters. The predicted molar refractivity (Wildman–Crippen MR) is 118 cm³/mol. The first-order chi connectivity index (χ1) is 15.0. The van der Waals surface area contributed by atoms with Gasteiger partial charge in [-0.3, -0.25) is 4.79 Å². The molecule has 2 heterocycles. The van der Waals surface area contributed by atoms with Crippen molar-refractivity contribution in [2.75, 3.05) is 0 Å². The summed E-state index contributed by atoms with van der Waals surface area (Å²) in [5, 5.41) is 9.95. The van der Waals surface area contributed by atoms with Gasteiger partial charge in [0, 0.05) is 29.5 Å². The second-order valence-corrected chi connectivity index (χ2v) is 8.80. The first kappa shape index (κ1) is 19.7. The largest absolute Gasteiger partial charge is 0.515 e. The molecule has 0 saturated heterocycles. The normalized spacial score (nSPS) is 26.5. The molecule has 2 aromatic heterocycles. The highest BCUT2D eigenvalue weighted by Crippen LogP contribution is 2.56. The number of hydrogen-bond acceptors (Lipinski definition) is 5. The molecule has 6 heteroatoms. The average Bonchev–Trinajstić information content (AvgIpc) is 3.21. The van der Waals surface area contributed by atoms with Crippen LogP contribution in [0.2, 0.25) is 0 Å². The number of allylic oxidation sites excluding steroid dienone is 1. The second kappa shape index (κ2) is 7.15. The molecule has 31 heavy (non-hydrogen) atoms. The minimum absolute atomic E-state index is 0.0418. The monoisotopic (exact) mass is 414 g/mol. The minimum Gasteiger partial charge on any atom is -0.515 e. The average molecular weight is 415 g/mol. The molecule has 0 bridgehead atoms. The van der Waals surface area contributed by atoms with E-state index in [-0.39, 0.29) is 17.6 Å². The van der Waals surface area contributed by atoms with Crippen molar-refractivity contribution < 1.29 is 9.90 Å². The maximum Gasteiger partial charge on any atom is 0.165 e. The molecule has 5 rings (SSSR count). The topological polar surface area (TPSA) is 80.9 Å². The predicted octanol–water partition coefficient (Wildman–Crippen LogP) is 4.08. The third kappa shape index (κ3) is 2.77. The van der Waals surface area contributed by atoms with Gasteiger partial charge in [0.15, 0.2) is 5.78 Å². The number of nitrogens with zero attached hydrogens (tertiary/aromatic N) is 4. The smallest absolute Gasteiger partial charge is 0.165 e. The molecule has 0 radical (unpaired) electrons. The molecule has 1 fully saturated rings. The summed E-state index contributed by atoms with van der Waals surface area (Å²) in [5.74, 6) is 0.647. The first-order valence-corrected chi connectivity index (χ1v) is 10.7. The van der Waals surface area contributed by atoms with Crippen molar-refractivity contribution in [3.63, 3.8) is 0 Å². The van der Waals surface area contributed by atoms with E-state index in [0.717, 1.165) is 47.3 Å². The standard InChI is InChI=1S/C25H26N4O2/c1-15-20-10-9-19-22(21-12-26-14-29(21)3)27-16(2)28-24(19)25(20,11-17(13-30)23(15)31)18-7-5-4-6-8-18/h4-8,12-15,20,30H,9-11H2,1-3H3/b17-13-/t15-,20-,25+/m0/s1. The van der Waals surface area contributed by atoms with E-state index in [0.29, 0.717) is 17.8 Å². The minimum atomic E-state index is -0.488. The molecule has 0 amide bonds. The Bertz CT molecular complexity index is 1200. The molecule has 2 aliphatic carbocycles. The van der Waals surface area contributed by atoms with Crippen molar-refractivity contribution in [2.45, 2.75) is 38.5 Å². The lowest BCUT2D eigenvalue weighted by molar-refractivity contribution is -0.123. The molecule has 0 aliphatic heterocycles. The van der Waals surface area contributed by atoms with Crippen LogP contribution in [-0.4, -0.2) is 30.4 Å². The Labute approximate surface area is 181 Å². The molecular formula is C25H26N4O2. The number of aromatic nitrogens is 4. The van der Waals surface area contributed by atoms with Gasteiger partial charge in [0.05, 0.1) is 35.9 Å². The zero-order valence-corrected chi connectivity index (χ0v) is 18.0. The van der Waals surface area contributed by atoms with Crippen LogP contribution >= 0.6 is 0 Å². The third-order valence-electron chi connectivity index (χ3n) is 7.19. The van der Waals surface area contributed by atoms with Crippen LogP contribution in [0.1, 0.15) is 42.4 Å². The van der Waals surface area contributed by atoms with Gasteiger partial charge in [-0.2, -0.15) is 0 Å². The fourth-order valence-corrected chi connectivity index (χ4v) is 5.77. The van der Waals surface area contributed by atoms with Crippen LogP contribution in [0.5, 0.6) is 0 Å². The summed E-state index contributed by atoms with van der Waals surface area (Å²) < 4.78 is 1.98. The van der Waals surface area contributed by atoms with Crippen LogP contribution in [0.3, 0.4) is 0 Å². The SMILES string of the molecule is Cc1nc(-c2cncn2C)c2c(n1)[C@@]1(c3ccccc3)C/C(=C/O)C(=O)[C@@H](C)[C@@H]1CC2. The number of aliphatic hydroxyl groups excluding tert-OH is 1. The van der Waals surface area contributed by atoms with Crippen LogP contribution in [0, 0.1) is 18.8 Å². The quantitative estimate of drug-likeness (QED) is 0.505. The van der Waals surface area contributed by atoms with Gasteiger partial charge in [-0.15, -0.1) is 0 Å². The Morgan fingerprint density at radius 1 is 1.23 bits per heavy atom. The van der Waals surface area contributed by atoms with Crippen molar-refractivity contribution in [2.24, 2.45) is 18.9 Å². The maximum atomic E-state index is 13.0. The number of ketones is 1. The van der Waals surface area contributed by atoms with E-state index in [1.54, 1.807) is 6.33 Å². The number of Topliss-reactive ketones (excluding diaryl/α,β-unsaturated/α-hetero) is 1. The third-order valence-corrected chi connectivity index (χ3v) is 7.19. The van der Waals surface area contributed by atoms with E-state index in [9.17, 15) is 9.90 Å². The number of rotatable bonds is 2. The van der Waals surface area contributed by atoms with E-state index in [1.807, 2.05) is 49.9 Å². The van der Waals surface area contributed by atoms with E-state index in [1.165, 1.54) is 0 Å². The van der Waals surface area contributed by atoms with Gasteiger partial charge in [-0.1, -0.05) is 37.3 Å². The van der Waals surface area contributed by atoms with Gasteiger partial charge in [-0.05, 0) is 37.7 Å². The van der Waals surface area contributed by atoms with Crippen LogP contribution in [0.25, 0.3) is 11.4 Å². The maximum absolute atomic E-state index is 13.0. The lowest BCUT2D eigenvalue weighted by atomic mass is 9.52. The van der Waals surface area contributed by atoms with Crippen LogP contribution < -0.4 is 0 Å². The Hall–Kier alpha value is -3.28. The van der Waals surface area contributed by atoms with Gasteiger partial charge >= 0.3 is 0 Å². The van der Waals surface area contributed by atoms with Crippen molar-refractivity contribution in [1.29, 1.82) is 0 Å². The highest BCUT2D eigenvalue weighted by molar-refractivity contribution is 5.98. The summed E-state index contributed by atoms with van der Waals surface area (Å²) in [7, 11) is 1.97. The number of aryl methyl sites for hydroxylation is 2. The Balaban J connectivity index is 1.85. The highest BCUT2D eigenvalue weighted by Gasteiger charge is 2.55. The van der Waals surface area contributed by atoms with E-state index in [2.05, 4.69) is 17.1 Å². The van der Waals surface area contributed by atoms with Gasteiger partial charge < -0.3 is 9.67 Å². The summed E-state index contributed by atoms with van der Waals surface area (Å²) in [6, 6.07) is 10.3. The van der Waals surface area contributed by atoms with Crippen LogP contribution in [0.15, 0.2) is 54.7 Å². The molecule has 2 aliphatic rings. The number of carbonyl (C=O) groups is 1. The van der Waals surface area contributed by atoms with Crippen molar-refractivity contribution >= 4 is 5.78 Å². The van der Waals surface area contributed by atoms with E-state index in [4.69, 9.17) is 9.97 Å². The van der Waals surface area contributed by atoms with Crippen molar-refractivity contribution in [1.82, 2.24) is 19.5 Å². The van der Waals surface area contributed by atoms with Crippen molar-refractivity contribution in [3.8, 4) is 11.4 Å². The summed E-state index contributed by atoms with van der Waals surface area (Å²) in [6.07, 6.45) is 6.75. The number of benzene rings is 1. The molecule has 158 valence electrons. The summed E-state index contributed by atoms with van der Waals surface area (Å²) in [4.78, 5) is 27.1. The van der Waals surface area contributed by atoms with Crippen LogP contribution in [0.4, 0.5) is 0 Å². The molecule has 3 atom stereocenters. The second-order valence-electron chi connectivity index (χ2n) is 8.80. The van der Waals surface area contributed by atoms with Gasteiger partial charge in [-0.25, -0.2) is 15.0 Å². The summed E-state index contributed by atoms with van der Waals surface area (Å²) in [5.41, 5.74) is 5.09. The molecule has 1 N–H and O–H groups in total. The Morgan fingerprint density at radius 2 is 2.00 bits per heavy atom. The van der Waals surface area contributed by atoms with E-state index < -0.39 is 5.41 Å². The zero-order chi connectivity index (χ0) is 21.8. The Kier molecular flexibility index (Phi) is 4.54. The number of carbonyl (C=O) groups excluding carboxylic acids is 1. The summed E-state index contributed by atoms with van der Waals surface area (Å²) >= 11 is 0. The van der Waals surface area contributed by atoms with Crippen molar-refractivity contribution in [3.05, 3.63) is 77.3 Å². The van der Waals surface area contributed by atoms with E-state index >= 15 is 0 Å². The lowest BCUT2D eigenvalue weighted by Gasteiger charge is -2.51. The first-order valence-electron chi connectivity index (χ1n) is 10.7. The molecule has 1 saturated carbocycles. The molecule has 6 nitrogen and oxygen atoms in total. The molecule has 0 spiro atoms. The molecule has 1 aromatic carbocycles.